The number of pyridine rings is 1. The van der Waals surface area contributed by atoms with E-state index in [9.17, 15) is 0 Å². The first-order valence-corrected chi connectivity index (χ1v) is 7.37. The first-order valence-electron chi connectivity index (χ1n) is 6.18. The lowest BCUT2D eigenvalue weighted by Crippen LogP contribution is -2.29. The van der Waals surface area contributed by atoms with Crippen molar-refractivity contribution < 1.29 is 0 Å². The maximum atomic E-state index is 5.99. The van der Waals surface area contributed by atoms with Crippen molar-refractivity contribution in [2.45, 2.75) is 19.5 Å². The van der Waals surface area contributed by atoms with Gasteiger partial charge in [0.05, 0.1) is 16.1 Å². The van der Waals surface area contributed by atoms with Gasteiger partial charge < -0.3 is 5.73 Å². The summed E-state index contributed by atoms with van der Waals surface area (Å²) in [7, 11) is 2.06. The van der Waals surface area contributed by atoms with Crippen LogP contribution in [0.15, 0.2) is 30.3 Å². The van der Waals surface area contributed by atoms with Crippen LogP contribution >= 0.6 is 22.9 Å². The number of nitrogens with two attached hydrogens (primary N) is 1. The van der Waals surface area contributed by atoms with Crippen LogP contribution in [0, 0.1) is 6.92 Å². The molecule has 0 amide bonds. The van der Waals surface area contributed by atoms with Gasteiger partial charge in [-0.1, -0.05) is 17.7 Å². The van der Waals surface area contributed by atoms with Crippen molar-refractivity contribution in [3.05, 3.63) is 50.9 Å². The van der Waals surface area contributed by atoms with E-state index in [1.807, 2.05) is 37.3 Å². The summed E-state index contributed by atoms with van der Waals surface area (Å²) < 4.78 is 0.801. The molecule has 2 aromatic heterocycles. The summed E-state index contributed by atoms with van der Waals surface area (Å²) in [5.41, 5.74) is 8.00. The van der Waals surface area contributed by atoms with E-state index in [0.29, 0.717) is 6.54 Å². The van der Waals surface area contributed by atoms with Crippen LogP contribution in [0.2, 0.25) is 4.34 Å². The second-order valence-electron chi connectivity index (χ2n) is 4.58. The minimum atomic E-state index is 0.180. The molecule has 0 radical (unpaired) electrons. The van der Waals surface area contributed by atoms with Gasteiger partial charge in [0, 0.05) is 23.7 Å². The van der Waals surface area contributed by atoms with Crippen LogP contribution in [0.4, 0.5) is 0 Å². The molecule has 0 aromatic carbocycles. The molecule has 0 aliphatic rings. The second kappa shape index (κ2) is 6.48. The van der Waals surface area contributed by atoms with Gasteiger partial charge in [0.2, 0.25) is 0 Å². The van der Waals surface area contributed by atoms with Crippen molar-refractivity contribution in [1.82, 2.24) is 9.88 Å². The fraction of sp³-hybridized carbons (Fsp3) is 0.357. The molecule has 0 aliphatic heterocycles. The van der Waals surface area contributed by atoms with Crippen molar-refractivity contribution in [3.63, 3.8) is 0 Å². The van der Waals surface area contributed by atoms with Gasteiger partial charge in [-0.3, -0.25) is 9.88 Å². The van der Waals surface area contributed by atoms with Crippen LogP contribution in [0.5, 0.6) is 0 Å². The van der Waals surface area contributed by atoms with E-state index in [4.69, 9.17) is 17.3 Å². The lowest BCUT2D eigenvalue weighted by Gasteiger charge is -2.25. The number of nitrogens with zero attached hydrogens (tertiary/aromatic N) is 2. The van der Waals surface area contributed by atoms with Crippen molar-refractivity contribution in [2.75, 3.05) is 13.6 Å². The number of rotatable bonds is 5. The number of hydrogen-bond donors (Lipinski definition) is 1. The minimum Gasteiger partial charge on any atom is -0.329 e. The van der Waals surface area contributed by atoms with Crippen LogP contribution in [-0.4, -0.2) is 23.5 Å². The first kappa shape index (κ1) is 14.5. The third kappa shape index (κ3) is 3.76. The van der Waals surface area contributed by atoms with Gasteiger partial charge >= 0.3 is 0 Å². The average Bonchev–Trinajstić information content (AvgIpc) is 2.76. The van der Waals surface area contributed by atoms with Gasteiger partial charge in [-0.25, -0.2) is 0 Å². The Morgan fingerprint density at radius 1 is 1.37 bits per heavy atom. The molecule has 19 heavy (non-hydrogen) atoms. The average molecular weight is 296 g/mol. The van der Waals surface area contributed by atoms with Gasteiger partial charge in [-0.15, -0.1) is 11.3 Å². The van der Waals surface area contributed by atoms with Crippen LogP contribution in [0.25, 0.3) is 0 Å². The number of aromatic nitrogens is 1. The number of hydrogen-bond acceptors (Lipinski definition) is 4. The molecule has 1 unspecified atom stereocenters. The Bertz CT molecular complexity index is 541. The smallest absolute Gasteiger partial charge is 0.0931 e. The molecular formula is C14H18ClN3S. The second-order valence-corrected chi connectivity index (χ2v) is 6.33. The van der Waals surface area contributed by atoms with E-state index in [1.54, 1.807) is 11.3 Å². The molecule has 0 bridgehead atoms. The molecule has 3 nitrogen and oxygen atoms in total. The molecule has 2 rings (SSSR count). The normalized spacial score (nSPS) is 12.9. The third-order valence-electron chi connectivity index (χ3n) is 3.04. The largest absolute Gasteiger partial charge is 0.329 e. The quantitative estimate of drug-likeness (QED) is 0.921. The highest BCUT2D eigenvalue weighted by Gasteiger charge is 2.17. The van der Waals surface area contributed by atoms with E-state index < -0.39 is 0 Å². The predicted octanol–water partition coefficient (Wildman–Crippen LogP) is 3.24. The Balaban J connectivity index is 2.11. The van der Waals surface area contributed by atoms with Crippen molar-refractivity contribution in [2.24, 2.45) is 5.73 Å². The lowest BCUT2D eigenvalue weighted by molar-refractivity contribution is 0.242. The standard InChI is InChI=1S/C14H18ClN3S/c1-10-4-3-5-11(17-10)9-18(2)12(8-16)13-6-7-14(15)19-13/h3-7,12H,8-9,16H2,1-2H3. The summed E-state index contributed by atoms with van der Waals surface area (Å²) in [6, 6.07) is 10.2. The first-order chi connectivity index (χ1) is 9.10. The summed E-state index contributed by atoms with van der Waals surface area (Å²) in [5, 5.41) is 0. The molecule has 0 spiro atoms. The molecule has 0 fully saturated rings. The Morgan fingerprint density at radius 3 is 2.74 bits per heavy atom. The van der Waals surface area contributed by atoms with E-state index in [-0.39, 0.29) is 6.04 Å². The van der Waals surface area contributed by atoms with Gasteiger partial charge in [0.1, 0.15) is 0 Å². The maximum Gasteiger partial charge on any atom is 0.0931 e. The Hall–Kier alpha value is -0.940. The molecule has 0 saturated heterocycles. The number of thiophene rings is 1. The number of likely N-dealkylation sites (N-methyl/N-ethyl adjacent to an activating group) is 1. The lowest BCUT2D eigenvalue weighted by atomic mass is 10.2. The zero-order valence-electron chi connectivity index (χ0n) is 11.1. The molecule has 5 heteroatoms. The van der Waals surface area contributed by atoms with E-state index in [1.165, 1.54) is 4.88 Å². The summed E-state index contributed by atoms with van der Waals surface area (Å²) in [6.07, 6.45) is 0. The van der Waals surface area contributed by atoms with Crippen molar-refractivity contribution in [3.8, 4) is 0 Å². The van der Waals surface area contributed by atoms with Crippen LogP contribution < -0.4 is 5.73 Å². The fourth-order valence-corrected chi connectivity index (χ4v) is 3.31. The summed E-state index contributed by atoms with van der Waals surface area (Å²) in [5.74, 6) is 0. The van der Waals surface area contributed by atoms with E-state index in [2.05, 4.69) is 16.9 Å². The van der Waals surface area contributed by atoms with Gasteiger partial charge in [-0.05, 0) is 38.2 Å². The van der Waals surface area contributed by atoms with Gasteiger partial charge in [-0.2, -0.15) is 0 Å². The molecule has 1 atom stereocenters. The highest BCUT2D eigenvalue weighted by molar-refractivity contribution is 7.16. The van der Waals surface area contributed by atoms with Crippen molar-refractivity contribution in [1.29, 1.82) is 0 Å². The van der Waals surface area contributed by atoms with Gasteiger partial charge in [0.15, 0.2) is 0 Å². The Kier molecular flexibility index (Phi) is 4.93. The molecule has 0 saturated carbocycles. The molecule has 0 aliphatic carbocycles. The maximum absolute atomic E-state index is 5.99. The van der Waals surface area contributed by atoms with Gasteiger partial charge in [0.25, 0.3) is 0 Å². The SMILES string of the molecule is Cc1cccc(CN(C)C(CN)c2ccc(Cl)s2)n1. The highest BCUT2D eigenvalue weighted by atomic mass is 35.5. The molecule has 2 aromatic rings. The minimum absolute atomic E-state index is 0.180. The number of aryl methyl sites for hydroxylation is 1. The summed E-state index contributed by atoms with van der Waals surface area (Å²) in [6.45, 7) is 3.35. The topological polar surface area (TPSA) is 42.1 Å². The molecule has 2 N–H and O–H groups in total. The fourth-order valence-electron chi connectivity index (χ4n) is 2.07. The molecular weight excluding hydrogens is 278 g/mol. The number of halogens is 1. The molecule has 102 valence electrons. The molecule has 2 heterocycles. The highest BCUT2D eigenvalue weighted by Crippen LogP contribution is 2.29. The Morgan fingerprint density at radius 2 is 2.16 bits per heavy atom. The van der Waals surface area contributed by atoms with E-state index >= 15 is 0 Å². The zero-order valence-corrected chi connectivity index (χ0v) is 12.7. The summed E-state index contributed by atoms with van der Waals surface area (Å²) >= 11 is 7.58. The van der Waals surface area contributed by atoms with E-state index in [0.717, 1.165) is 22.3 Å². The third-order valence-corrected chi connectivity index (χ3v) is 4.37. The summed E-state index contributed by atoms with van der Waals surface area (Å²) in [4.78, 5) is 7.93. The van der Waals surface area contributed by atoms with Crippen LogP contribution in [-0.2, 0) is 6.54 Å². The monoisotopic (exact) mass is 295 g/mol. The van der Waals surface area contributed by atoms with Crippen LogP contribution in [0.3, 0.4) is 0 Å². The predicted molar refractivity (Wildman–Crippen MR) is 81.6 cm³/mol. The zero-order chi connectivity index (χ0) is 13.8. The van der Waals surface area contributed by atoms with Crippen LogP contribution in [0.1, 0.15) is 22.3 Å². The Labute approximate surface area is 123 Å². The van der Waals surface area contributed by atoms with Crippen molar-refractivity contribution >= 4 is 22.9 Å².